The van der Waals surface area contributed by atoms with Crippen molar-refractivity contribution in [2.45, 2.75) is 37.8 Å². The summed E-state index contributed by atoms with van der Waals surface area (Å²) in [6.07, 6.45) is 5.13. The van der Waals surface area contributed by atoms with Crippen molar-refractivity contribution in [3.8, 4) is 0 Å². The number of amides is 1. The van der Waals surface area contributed by atoms with Crippen LogP contribution in [0.2, 0.25) is 0 Å². The molecule has 4 aliphatic rings. The highest BCUT2D eigenvalue weighted by Crippen LogP contribution is 2.37. The van der Waals surface area contributed by atoms with Gasteiger partial charge in [-0.3, -0.25) is 14.6 Å². The van der Waals surface area contributed by atoms with Crippen molar-refractivity contribution in [3.05, 3.63) is 35.9 Å². The van der Waals surface area contributed by atoms with Crippen LogP contribution in [0.5, 0.6) is 0 Å². The van der Waals surface area contributed by atoms with E-state index in [4.69, 9.17) is 4.74 Å². The molecule has 0 aliphatic carbocycles. The molecule has 5 nitrogen and oxygen atoms in total. The van der Waals surface area contributed by atoms with Crippen molar-refractivity contribution in [2.24, 2.45) is 11.8 Å². The smallest absolute Gasteiger partial charge is 0.251 e. The molecule has 4 fully saturated rings. The monoisotopic (exact) mass is 371 g/mol. The molecule has 1 amide bonds. The van der Waals surface area contributed by atoms with Crippen molar-refractivity contribution in [2.75, 3.05) is 46.4 Å². The van der Waals surface area contributed by atoms with Crippen molar-refractivity contribution in [1.29, 1.82) is 0 Å². The van der Waals surface area contributed by atoms with Crippen molar-refractivity contribution < 1.29 is 9.53 Å². The van der Waals surface area contributed by atoms with Gasteiger partial charge in [0.15, 0.2) is 0 Å². The van der Waals surface area contributed by atoms with Crippen LogP contribution in [0.1, 0.15) is 36.0 Å². The summed E-state index contributed by atoms with van der Waals surface area (Å²) in [6.45, 7) is 6.47. The Labute approximate surface area is 163 Å². The molecule has 1 N–H and O–H groups in total. The number of ether oxygens (including phenoxy) is 1. The number of carbonyl (C=O) groups excluding carboxylic acids is 1. The lowest BCUT2D eigenvalue weighted by molar-refractivity contribution is -0.0167. The molecule has 1 aromatic rings. The molecule has 2 bridgehead atoms. The maximum atomic E-state index is 12.3. The number of fused-ring (bicyclic) bond motifs is 3. The first-order valence-corrected chi connectivity index (χ1v) is 10.5. The average Bonchev–Trinajstić information content (AvgIpc) is 3.14. The van der Waals surface area contributed by atoms with Crippen molar-refractivity contribution in [3.63, 3.8) is 0 Å². The number of hydrogen-bond acceptors (Lipinski definition) is 4. The highest BCUT2D eigenvalue weighted by atomic mass is 16.5. The molecule has 0 radical (unpaired) electrons. The van der Waals surface area contributed by atoms with Crippen molar-refractivity contribution >= 4 is 5.91 Å². The number of hydrogen-bond donors (Lipinski definition) is 1. The van der Waals surface area contributed by atoms with Crippen LogP contribution in [0.25, 0.3) is 0 Å². The first-order valence-electron chi connectivity index (χ1n) is 10.5. The molecule has 5 heteroatoms. The van der Waals surface area contributed by atoms with E-state index in [-0.39, 0.29) is 5.91 Å². The Bertz CT molecular complexity index is 623. The van der Waals surface area contributed by atoms with Gasteiger partial charge in [-0.15, -0.1) is 0 Å². The average molecular weight is 372 g/mol. The second kappa shape index (κ2) is 8.72. The summed E-state index contributed by atoms with van der Waals surface area (Å²) in [5, 5.41) is 3.16. The molecule has 4 saturated heterocycles. The van der Waals surface area contributed by atoms with E-state index < -0.39 is 0 Å². The summed E-state index contributed by atoms with van der Waals surface area (Å²) < 4.78 is 5.42. The number of nitrogens with zero attached hydrogens (tertiary/aromatic N) is 2. The lowest BCUT2D eigenvalue weighted by Gasteiger charge is -2.51. The Morgan fingerprint density at radius 1 is 1.19 bits per heavy atom. The molecule has 148 valence electrons. The topological polar surface area (TPSA) is 44.8 Å². The lowest BCUT2D eigenvalue weighted by atomic mass is 9.75. The zero-order valence-corrected chi connectivity index (χ0v) is 16.5. The summed E-state index contributed by atoms with van der Waals surface area (Å²) in [5.41, 5.74) is 0.754. The van der Waals surface area contributed by atoms with Gasteiger partial charge in [0.1, 0.15) is 0 Å². The number of nitrogens with one attached hydrogen (secondary N) is 1. The third-order valence-corrected chi connectivity index (χ3v) is 6.88. The normalized spacial score (nSPS) is 33.3. The molecule has 1 unspecified atom stereocenters. The summed E-state index contributed by atoms with van der Waals surface area (Å²) in [6, 6.07) is 10.7. The summed E-state index contributed by atoms with van der Waals surface area (Å²) in [5.74, 6) is 1.63. The van der Waals surface area contributed by atoms with Gasteiger partial charge in [0.2, 0.25) is 0 Å². The van der Waals surface area contributed by atoms with E-state index in [2.05, 4.69) is 15.1 Å². The zero-order chi connectivity index (χ0) is 18.6. The van der Waals surface area contributed by atoms with Gasteiger partial charge in [-0.05, 0) is 62.7 Å². The van der Waals surface area contributed by atoms with Gasteiger partial charge in [-0.2, -0.15) is 0 Å². The predicted molar refractivity (Wildman–Crippen MR) is 107 cm³/mol. The highest BCUT2D eigenvalue weighted by Gasteiger charge is 2.41. The molecule has 0 spiro atoms. The van der Waals surface area contributed by atoms with Crippen molar-refractivity contribution in [1.82, 2.24) is 15.1 Å². The Hall–Kier alpha value is -1.43. The van der Waals surface area contributed by atoms with E-state index in [1.165, 1.54) is 51.9 Å². The van der Waals surface area contributed by atoms with E-state index in [9.17, 15) is 4.79 Å². The first kappa shape index (κ1) is 18.9. The van der Waals surface area contributed by atoms with Gasteiger partial charge in [-0.1, -0.05) is 18.2 Å². The standard InChI is InChI=1S/C22H33N3O2/c1-27-16-20-8-5-10-24(20)14-19-15-25-11-9-18(19)12-21(25)13-23-22(26)17-6-3-2-4-7-17/h2-4,6-7,18-21H,5,8-16H2,1H3,(H,23,26)/t18-,19+,20-,21+/m0/s1. The van der Waals surface area contributed by atoms with Crippen LogP contribution in [-0.2, 0) is 4.74 Å². The fourth-order valence-corrected chi connectivity index (χ4v) is 5.39. The summed E-state index contributed by atoms with van der Waals surface area (Å²) >= 11 is 0. The van der Waals surface area contributed by atoms with Gasteiger partial charge in [0, 0.05) is 44.4 Å². The Kier molecular flexibility index (Phi) is 6.11. The van der Waals surface area contributed by atoms with Crippen LogP contribution in [0.4, 0.5) is 0 Å². The predicted octanol–water partition coefficient (Wildman–Crippen LogP) is 2.24. The van der Waals surface area contributed by atoms with Gasteiger partial charge in [0.05, 0.1) is 6.61 Å². The SMILES string of the molecule is COC[C@@H]1CCCN1C[C@@H]1CN2CC[C@H]1C[C@@H]2CNC(=O)c1ccccc1. The molecule has 27 heavy (non-hydrogen) atoms. The maximum Gasteiger partial charge on any atom is 0.251 e. The zero-order valence-electron chi connectivity index (χ0n) is 16.5. The molecular formula is C22H33N3O2. The molecule has 0 saturated carbocycles. The number of carbonyl (C=O) groups is 1. The van der Waals surface area contributed by atoms with Crippen LogP contribution in [0, 0.1) is 11.8 Å². The van der Waals surface area contributed by atoms with Crippen LogP contribution in [-0.4, -0.2) is 74.2 Å². The quantitative estimate of drug-likeness (QED) is 0.798. The summed E-state index contributed by atoms with van der Waals surface area (Å²) in [7, 11) is 1.82. The molecule has 4 aliphatic heterocycles. The minimum absolute atomic E-state index is 0.0503. The van der Waals surface area contributed by atoms with E-state index >= 15 is 0 Å². The minimum atomic E-state index is 0.0503. The van der Waals surface area contributed by atoms with Gasteiger partial charge in [-0.25, -0.2) is 0 Å². The summed E-state index contributed by atoms with van der Waals surface area (Å²) in [4.78, 5) is 17.6. The molecule has 1 aromatic carbocycles. The highest BCUT2D eigenvalue weighted by molar-refractivity contribution is 5.94. The van der Waals surface area contributed by atoms with E-state index in [1.54, 1.807) is 0 Å². The maximum absolute atomic E-state index is 12.3. The lowest BCUT2D eigenvalue weighted by Crippen LogP contribution is -2.58. The number of likely N-dealkylation sites (tertiary alicyclic amines) is 1. The second-order valence-corrected chi connectivity index (χ2v) is 8.52. The molecular weight excluding hydrogens is 338 g/mol. The molecule has 0 aromatic heterocycles. The number of rotatable bonds is 7. The number of methoxy groups -OCH3 is 1. The van der Waals surface area contributed by atoms with Crippen LogP contribution in [0.15, 0.2) is 30.3 Å². The van der Waals surface area contributed by atoms with E-state index in [0.717, 1.165) is 30.6 Å². The van der Waals surface area contributed by atoms with Crippen LogP contribution < -0.4 is 5.32 Å². The molecule has 4 heterocycles. The number of benzene rings is 1. The van der Waals surface area contributed by atoms with Gasteiger partial charge >= 0.3 is 0 Å². The number of piperidine rings is 3. The van der Waals surface area contributed by atoms with Gasteiger partial charge < -0.3 is 10.1 Å². The van der Waals surface area contributed by atoms with E-state index in [1.807, 2.05) is 37.4 Å². The Balaban J connectivity index is 1.28. The second-order valence-electron chi connectivity index (χ2n) is 8.52. The molecule has 5 atom stereocenters. The largest absolute Gasteiger partial charge is 0.383 e. The fourth-order valence-electron chi connectivity index (χ4n) is 5.39. The molecule has 5 rings (SSSR count). The third kappa shape index (κ3) is 4.36. The van der Waals surface area contributed by atoms with Crippen LogP contribution >= 0.6 is 0 Å². The van der Waals surface area contributed by atoms with E-state index in [0.29, 0.717) is 12.1 Å². The van der Waals surface area contributed by atoms with Crippen LogP contribution in [0.3, 0.4) is 0 Å². The Morgan fingerprint density at radius 3 is 2.78 bits per heavy atom. The Morgan fingerprint density at radius 2 is 2.04 bits per heavy atom. The first-order chi connectivity index (χ1) is 13.2. The minimum Gasteiger partial charge on any atom is -0.383 e. The fraction of sp³-hybridized carbons (Fsp3) is 0.682. The van der Waals surface area contributed by atoms with Gasteiger partial charge in [0.25, 0.3) is 5.91 Å². The third-order valence-electron chi connectivity index (χ3n) is 6.88.